The first kappa shape index (κ1) is 25.7. The summed E-state index contributed by atoms with van der Waals surface area (Å²) in [4.78, 5) is 21.6. The Kier molecular flexibility index (Phi) is 8.45. The minimum Gasteiger partial charge on any atom is -0.504 e. The molecule has 0 bridgehead atoms. The molecular formula is C25H32N2O6. The molecule has 0 aromatic heterocycles. The number of phenols is 4. The number of carbonyl (C=O) groups excluding carboxylic acids is 1. The lowest BCUT2D eigenvalue weighted by Crippen LogP contribution is -2.40. The third-order valence-corrected chi connectivity index (χ3v) is 4.85. The Labute approximate surface area is 193 Å². The summed E-state index contributed by atoms with van der Waals surface area (Å²) in [7, 11) is 0. The molecule has 4 N–H and O–H groups in total. The van der Waals surface area contributed by atoms with Gasteiger partial charge in [0, 0.05) is 30.1 Å². The van der Waals surface area contributed by atoms with Crippen molar-refractivity contribution in [3.05, 3.63) is 47.5 Å². The zero-order chi connectivity index (χ0) is 24.6. The van der Waals surface area contributed by atoms with Crippen molar-refractivity contribution in [2.24, 2.45) is 9.98 Å². The number of hydrogen-bond acceptors (Lipinski definition) is 8. The van der Waals surface area contributed by atoms with E-state index in [4.69, 9.17) is 4.74 Å². The van der Waals surface area contributed by atoms with Gasteiger partial charge in [-0.2, -0.15) is 0 Å². The number of aromatic hydroxyl groups is 4. The molecule has 2 aromatic carbocycles. The summed E-state index contributed by atoms with van der Waals surface area (Å²) in [6.07, 6.45) is 4.50. The SMILES string of the molecule is CC(C)(C)OC(=O)[C@](C)(CCCCN=Cc1cccc(O)c1O)N=Cc1cccc(O)c1O. The second-order valence-corrected chi connectivity index (χ2v) is 8.96. The number of unbranched alkanes of at least 4 members (excludes halogenated alkanes) is 1. The average Bonchev–Trinajstić information content (AvgIpc) is 2.73. The largest absolute Gasteiger partial charge is 0.504 e. The molecule has 33 heavy (non-hydrogen) atoms. The lowest BCUT2D eigenvalue weighted by Gasteiger charge is -2.28. The molecule has 2 rings (SSSR count). The van der Waals surface area contributed by atoms with Gasteiger partial charge in [-0.05, 0) is 71.2 Å². The van der Waals surface area contributed by atoms with Gasteiger partial charge in [0.25, 0.3) is 0 Å². The van der Waals surface area contributed by atoms with Crippen LogP contribution in [0.15, 0.2) is 46.4 Å². The van der Waals surface area contributed by atoms with Gasteiger partial charge in [0.05, 0.1) is 0 Å². The summed E-state index contributed by atoms with van der Waals surface area (Å²) in [5.74, 6) is -1.49. The normalized spacial score (nSPS) is 13.9. The minimum absolute atomic E-state index is 0.206. The monoisotopic (exact) mass is 456 g/mol. The highest BCUT2D eigenvalue weighted by atomic mass is 16.6. The molecule has 0 radical (unpaired) electrons. The van der Waals surface area contributed by atoms with E-state index < -0.39 is 17.1 Å². The molecule has 0 fully saturated rings. The van der Waals surface area contributed by atoms with Crippen LogP contribution in [0.3, 0.4) is 0 Å². The molecular weight excluding hydrogens is 424 g/mol. The van der Waals surface area contributed by atoms with Gasteiger partial charge in [-0.3, -0.25) is 9.98 Å². The van der Waals surface area contributed by atoms with Gasteiger partial charge in [0.1, 0.15) is 5.60 Å². The molecule has 0 saturated carbocycles. The molecule has 2 aromatic rings. The number of ether oxygens (including phenoxy) is 1. The number of carbonyl (C=O) groups is 1. The van der Waals surface area contributed by atoms with Crippen LogP contribution in [0.5, 0.6) is 23.0 Å². The van der Waals surface area contributed by atoms with Gasteiger partial charge >= 0.3 is 5.97 Å². The van der Waals surface area contributed by atoms with E-state index in [-0.39, 0.29) is 23.0 Å². The van der Waals surface area contributed by atoms with Crippen LogP contribution in [0, 0.1) is 0 Å². The van der Waals surface area contributed by atoms with Crippen LogP contribution in [0.25, 0.3) is 0 Å². The van der Waals surface area contributed by atoms with E-state index in [2.05, 4.69) is 9.98 Å². The number of nitrogens with zero attached hydrogens (tertiary/aromatic N) is 2. The summed E-state index contributed by atoms with van der Waals surface area (Å²) in [6.45, 7) is 7.47. The maximum atomic E-state index is 12.9. The fourth-order valence-corrected chi connectivity index (χ4v) is 2.96. The molecule has 8 heteroatoms. The number of phenolic OH excluding ortho intramolecular Hbond substituents is 4. The molecule has 0 aliphatic rings. The lowest BCUT2D eigenvalue weighted by atomic mass is 9.95. The standard InChI is InChI=1S/C25H32N2O6/c1-24(2,3)33-23(32)25(4,27-16-18-10-8-12-20(29)22(18)31)13-5-6-14-26-15-17-9-7-11-19(28)21(17)30/h7-12,15-16,28-31H,5-6,13-14H2,1-4H3/t25-/m0/s1. The second kappa shape index (κ2) is 10.8. The Bertz CT molecular complexity index is 1030. The topological polar surface area (TPSA) is 132 Å². The van der Waals surface area contributed by atoms with Crippen LogP contribution >= 0.6 is 0 Å². The van der Waals surface area contributed by atoms with E-state index in [1.165, 1.54) is 24.6 Å². The minimum atomic E-state index is -1.20. The molecule has 8 nitrogen and oxygen atoms in total. The van der Waals surface area contributed by atoms with Crippen molar-refractivity contribution in [3.63, 3.8) is 0 Å². The highest BCUT2D eigenvalue weighted by molar-refractivity contribution is 5.89. The summed E-state index contributed by atoms with van der Waals surface area (Å²) in [5.41, 5.74) is -1.17. The van der Waals surface area contributed by atoms with E-state index in [9.17, 15) is 25.2 Å². The summed E-state index contributed by atoms with van der Waals surface area (Å²) < 4.78 is 5.56. The van der Waals surface area contributed by atoms with E-state index >= 15 is 0 Å². The van der Waals surface area contributed by atoms with Crippen LogP contribution in [0.1, 0.15) is 58.1 Å². The first-order valence-corrected chi connectivity index (χ1v) is 10.7. The van der Waals surface area contributed by atoms with Crippen LogP contribution in [0.4, 0.5) is 0 Å². The predicted octanol–water partition coefficient (Wildman–Crippen LogP) is 4.32. The lowest BCUT2D eigenvalue weighted by molar-refractivity contribution is -0.161. The molecule has 0 saturated heterocycles. The fraction of sp³-hybridized carbons (Fsp3) is 0.400. The van der Waals surface area contributed by atoms with Crippen molar-refractivity contribution in [1.29, 1.82) is 0 Å². The fourth-order valence-electron chi connectivity index (χ4n) is 2.96. The Balaban J connectivity index is 2.06. The van der Waals surface area contributed by atoms with Gasteiger partial charge < -0.3 is 25.2 Å². The zero-order valence-corrected chi connectivity index (χ0v) is 19.4. The van der Waals surface area contributed by atoms with E-state index in [1.54, 1.807) is 52.0 Å². The van der Waals surface area contributed by atoms with Crippen LogP contribution < -0.4 is 0 Å². The first-order chi connectivity index (χ1) is 15.4. The van der Waals surface area contributed by atoms with E-state index in [1.807, 2.05) is 0 Å². The van der Waals surface area contributed by atoms with Gasteiger partial charge in [0.15, 0.2) is 28.5 Å². The van der Waals surface area contributed by atoms with Crippen molar-refractivity contribution in [2.45, 2.75) is 58.1 Å². The Morgan fingerprint density at radius 1 is 0.879 bits per heavy atom. The van der Waals surface area contributed by atoms with Crippen LogP contribution in [0.2, 0.25) is 0 Å². The molecule has 0 amide bonds. The Hall–Kier alpha value is -3.55. The highest BCUT2D eigenvalue weighted by Gasteiger charge is 2.36. The van der Waals surface area contributed by atoms with Crippen molar-refractivity contribution in [3.8, 4) is 23.0 Å². The molecule has 178 valence electrons. The maximum absolute atomic E-state index is 12.9. The molecule has 0 aliphatic carbocycles. The second-order valence-electron chi connectivity index (χ2n) is 8.96. The quantitative estimate of drug-likeness (QED) is 0.192. The number of para-hydroxylation sites is 2. The number of rotatable bonds is 9. The molecule has 0 aliphatic heterocycles. The van der Waals surface area contributed by atoms with Gasteiger partial charge in [-0.15, -0.1) is 0 Å². The number of esters is 1. The summed E-state index contributed by atoms with van der Waals surface area (Å²) >= 11 is 0. The average molecular weight is 457 g/mol. The van der Waals surface area contributed by atoms with Crippen LogP contribution in [-0.4, -0.2) is 56.5 Å². The summed E-state index contributed by atoms with van der Waals surface area (Å²) in [5, 5.41) is 39.0. The number of benzene rings is 2. The van der Waals surface area contributed by atoms with E-state index in [0.717, 1.165) is 0 Å². The maximum Gasteiger partial charge on any atom is 0.334 e. The molecule has 0 spiro atoms. The van der Waals surface area contributed by atoms with E-state index in [0.29, 0.717) is 36.9 Å². The smallest absolute Gasteiger partial charge is 0.334 e. The molecule has 1 atom stereocenters. The van der Waals surface area contributed by atoms with Crippen LogP contribution in [-0.2, 0) is 9.53 Å². The van der Waals surface area contributed by atoms with Gasteiger partial charge in [-0.25, -0.2) is 4.79 Å². The number of aliphatic imine (C=N–C) groups is 2. The third-order valence-electron chi connectivity index (χ3n) is 4.85. The number of hydrogen-bond donors (Lipinski definition) is 4. The Morgan fingerprint density at radius 2 is 1.42 bits per heavy atom. The zero-order valence-electron chi connectivity index (χ0n) is 19.4. The van der Waals surface area contributed by atoms with Crippen molar-refractivity contribution in [2.75, 3.05) is 6.54 Å². The first-order valence-electron chi connectivity index (χ1n) is 10.7. The highest BCUT2D eigenvalue weighted by Crippen LogP contribution is 2.29. The predicted molar refractivity (Wildman–Crippen MR) is 128 cm³/mol. The van der Waals surface area contributed by atoms with Crippen molar-refractivity contribution >= 4 is 18.4 Å². The van der Waals surface area contributed by atoms with Gasteiger partial charge in [-0.1, -0.05) is 12.1 Å². The summed E-state index contributed by atoms with van der Waals surface area (Å²) in [6, 6.07) is 9.16. The molecule has 0 unspecified atom stereocenters. The van der Waals surface area contributed by atoms with Crippen molar-refractivity contribution < 1.29 is 30.0 Å². The molecule has 0 heterocycles. The third kappa shape index (κ3) is 7.52. The van der Waals surface area contributed by atoms with Crippen molar-refractivity contribution in [1.82, 2.24) is 0 Å². The van der Waals surface area contributed by atoms with Gasteiger partial charge in [0.2, 0.25) is 0 Å². The Morgan fingerprint density at radius 3 is 1.97 bits per heavy atom.